The highest BCUT2D eigenvalue weighted by Crippen LogP contribution is 2.18. The number of nitrogens with zero attached hydrogens (tertiary/aromatic N) is 1. The van der Waals surface area contributed by atoms with E-state index in [0.29, 0.717) is 11.3 Å². The molecule has 0 atom stereocenters. The van der Waals surface area contributed by atoms with Gasteiger partial charge >= 0.3 is 0 Å². The lowest BCUT2D eigenvalue weighted by Crippen LogP contribution is -2.12. The number of nitro groups is 1. The van der Waals surface area contributed by atoms with Gasteiger partial charge in [0.05, 0.1) is 4.92 Å². The van der Waals surface area contributed by atoms with Gasteiger partial charge in [0.15, 0.2) is 6.61 Å². The second kappa shape index (κ2) is 5.56. The highest BCUT2D eigenvalue weighted by Gasteiger charge is 2.12. The first kappa shape index (κ1) is 13.8. The van der Waals surface area contributed by atoms with Gasteiger partial charge < -0.3 is 9.72 Å². The number of hydrogen-bond acceptors (Lipinski definition) is 4. The van der Waals surface area contributed by atoms with Gasteiger partial charge in [0.25, 0.3) is 5.69 Å². The minimum atomic E-state index is -0.485. The normalized spacial score (nSPS) is 10.3. The van der Waals surface area contributed by atoms with E-state index in [2.05, 4.69) is 4.98 Å². The standard InChI is InChI=1S/C14H14N2O4/c1-9-7-13(10(2)15-9)14(17)8-20-12-5-3-11(4-6-12)16(18)19/h3-7,15H,8H2,1-2H3. The zero-order valence-corrected chi connectivity index (χ0v) is 11.2. The summed E-state index contributed by atoms with van der Waals surface area (Å²) in [5, 5.41) is 10.5. The first-order valence-electron chi connectivity index (χ1n) is 6.04. The summed E-state index contributed by atoms with van der Waals surface area (Å²) in [6.45, 7) is 3.60. The van der Waals surface area contributed by atoms with E-state index in [1.807, 2.05) is 13.8 Å². The van der Waals surface area contributed by atoms with Crippen molar-refractivity contribution in [3.8, 4) is 5.75 Å². The maximum Gasteiger partial charge on any atom is 0.269 e. The van der Waals surface area contributed by atoms with Gasteiger partial charge in [0.2, 0.25) is 5.78 Å². The lowest BCUT2D eigenvalue weighted by atomic mass is 10.1. The van der Waals surface area contributed by atoms with Crippen LogP contribution in [-0.2, 0) is 0 Å². The molecule has 0 saturated heterocycles. The van der Waals surface area contributed by atoms with E-state index in [1.54, 1.807) is 6.07 Å². The van der Waals surface area contributed by atoms with Crippen LogP contribution in [0.4, 0.5) is 5.69 Å². The van der Waals surface area contributed by atoms with Gasteiger partial charge in [-0.15, -0.1) is 0 Å². The van der Waals surface area contributed by atoms with E-state index in [1.165, 1.54) is 24.3 Å². The third-order valence-corrected chi connectivity index (χ3v) is 2.87. The Morgan fingerprint density at radius 3 is 2.45 bits per heavy atom. The molecule has 6 heteroatoms. The van der Waals surface area contributed by atoms with E-state index in [-0.39, 0.29) is 18.1 Å². The summed E-state index contributed by atoms with van der Waals surface area (Å²) in [6.07, 6.45) is 0. The van der Waals surface area contributed by atoms with Crippen LogP contribution in [0.3, 0.4) is 0 Å². The van der Waals surface area contributed by atoms with Crippen molar-refractivity contribution in [3.63, 3.8) is 0 Å². The number of aromatic amines is 1. The predicted octanol–water partition coefficient (Wildman–Crippen LogP) is 2.80. The van der Waals surface area contributed by atoms with Crippen LogP contribution in [0.1, 0.15) is 21.7 Å². The van der Waals surface area contributed by atoms with Crippen molar-refractivity contribution in [2.45, 2.75) is 13.8 Å². The molecular formula is C14H14N2O4. The van der Waals surface area contributed by atoms with Gasteiger partial charge in [-0.1, -0.05) is 0 Å². The van der Waals surface area contributed by atoms with Crippen molar-refractivity contribution in [1.82, 2.24) is 4.98 Å². The van der Waals surface area contributed by atoms with Gasteiger partial charge in [0, 0.05) is 29.1 Å². The summed E-state index contributed by atoms with van der Waals surface area (Å²) in [4.78, 5) is 25.1. The SMILES string of the molecule is Cc1cc(C(=O)COc2ccc([N+](=O)[O-])cc2)c(C)[nH]1. The van der Waals surface area contributed by atoms with Crippen LogP contribution < -0.4 is 4.74 Å². The summed E-state index contributed by atoms with van der Waals surface area (Å²) in [5.41, 5.74) is 2.31. The molecule has 0 amide bonds. The summed E-state index contributed by atoms with van der Waals surface area (Å²) in [5.74, 6) is 0.291. The number of carbonyl (C=O) groups excluding carboxylic acids is 1. The molecule has 0 aliphatic heterocycles. The molecule has 0 saturated carbocycles. The van der Waals surface area contributed by atoms with Gasteiger partial charge in [-0.05, 0) is 32.0 Å². The minimum Gasteiger partial charge on any atom is -0.485 e. The number of rotatable bonds is 5. The predicted molar refractivity (Wildman–Crippen MR) is 73.2 cm³/mol. The van der Waals surface area contributed by atoms with Gasteiger partial charge in [-0.25, -0.2) is 0 Å². The minimum absolute atomic E-state index is 0.0132. The first-order valence-corrected chi connectivity index (χ1v) is 6.04. The lowest BCUT2D eigenvalue weighted by molar-refractivity contribution is -0.384. The molecule has 20 heavy (non-hydrogen) atoms. The Bertz CT molecular complexity index is 644. The Kier molecular flexibility index (Phi) is 3.84. The van der Waals surface area contributed by atoms with Crippen LogP contribution in [0, 0.1) is 24.0 Å². The lowest BCUT2D eigenvalue weighted by Gasteiger charge is -2.04. The molecule has 104 valence electrons. The molecule has 0 aliphatic carbocycles. The van der Waals surface area contributed by atoms with Gasteiger partial charge in [-0.2, -0.15) is 0 Å². The second-order valence-corrected chi connectivity index (χ2v) is 4.45. The number of Topliss-reactive ketones (excluding diaryl/α,β-unsaturated/α-hetero) is 1. The van der Waals surface area contributed by atoms with E-state index in [9.17, 15) is 14.9 Å². The number of nitrogens with one attached hydrogen (secondary N) is 1. The van der Waals surface area contributed by atoms with E-state index in [4.69, 9.17) is 4.74 Å². The van der Waals surface area contributed by atoms with Crippen LogP contribution in [0.15, 0.2) is 30.3 Å². The number of benzene rings is 1. The third-order valence-electron chi connectivity index (χ3n) is 2.87. The molecule has 0 unspecified atom stereocenters. The Morgan fingerprint density at radius 1 is 1.30 bits per heavy atom. The van der Waals surface area contributed by atoms with Crippen LogP contribution in [-0.4, -0.2) is 22.3 Å². The van der Waals surface area contributed by atoms with Crippen LogP contribution >= 0.6 is 0 Å². The quantitative estimate of drug-likeness (QED) is 0.516. The van der Waals surface area contributed by atoms with E-state index < -0.39 is 4.92 Å². The maximum absolute atomic E-state index is 12.0. The van der Waals surface area contributed by atoms with Gasteiger partial charge in [0.1, 0.15) is 5.75 Å². The average Bonchev–Trinajstić information content (AvgIpc) is 2.75. The fourth-order valence-corrected chi connectivity index (χ4v) is 1.90. The molecule has 0 spiro atoms. The number of H-pyrrole nitrogens is 1. The van der Waals surface area contributed by atoms with Crippen molar-refractivity contribution in [3.05, 3.63) is 57.4 Å². The zero-order chi connectivity index (χ0) is 14.7. The smallest absolute Gasteiger partial charge is 0.269 e. The topological polar surface area (TPSA) is 85.2 Å². The first-order chi connectivity index (χ1) is 9.47. The van der Waals surface area contributed by atoms with Crippen molar-refractivity contribution in [2.24, 2.45) is 0 Å². The highest BCUT2D eigenvalue weighted by molar-refractivity contribution is 5.98. The van der Waals surface area contributed by atoms with Crippen molar-refractivity contribution in [2.75, 3.05) is 6.61 Å². The van der Waals surface area contributed by atoms with Crippen molar-refractivity contribution < 1.29 is 14.5 Å². The summed E-state index contributed by atoms with van der Waals surface area (Å²) < 4.78 is 5.34. The number of carbonyl (C=O) groups is 1. The molecule has 0 aliphatic rings. The number of hydrogen-bond donors (Lipinski definition) is 1. The average molecular weight is 274 g/mol. The third kappa shape index (κ3) is 3.03. The molecule has 2 rings (SSSR count). The molecule has 2 aromatic rings. The fourth-order valence-electron chi connectivity index (χ4n) is 1.90. The molecule has 1 aromatic carbocycles. The monoisotopic (exact) mass is 274 g/mol. The molecule has 1 N–H and O–H groups in total. The molecule has 0 bridgehead atoms. The van der Waals surface area contributed by atoms with Crippen LogP contribution in [0.2, 0.25) is 0 Å². The second-order valence-electron chi connectivity index (χ2n) is 4.45. The largest absolute Gasteiger partial charge is 0.485 e. The summed E-state index contributed by atoms with van der Waals surface area (Å²) in [6, 6.07) is 7.40. The number of non-ortho nitro benzene ring substituents is 1. The van der Waals surface area contributed by atoms with Crippen molar-refractivity contribution in [1.29, 1.82) is 0 Å². The molecule has 0 radical (unpaired) electrons. The zero-order valence-electron chi connectivity index (χ0n) is 11.2. The number of aryl methyl sites for hydroxylation is 2. The van der Waals surface area contributed by atoms with E-state index >= 15 is 0 Å². The Hall–Kier alpha value is -2.63. The molecular weight excluding hydrogens is 260 g/mol. The fraction of sp³-hybridized carbons (Fsp3) is 0.214. The number of nitro benzene ring substituents is 1. The number of ketones is 1. The van der Waals surface area contributed by atoms with Gasteiger partial charge in [-0.3, -0.25) is 14.9 Å². The highest BCUT2D eigenvalue weighted by atomic mass is 16.6. The molecule has 1 heterocycles. The molecule has 1 aromatic heterocycles. The van der Waals surface area contributed by atoms with Crippen LogP contribution in [0.25, 0.3) is 0 Å². The maximum atomic E-state index is 12.0. The number of aromatic nitrogens is 1. The Balaban J connectivity index is 2.00. The molecule has 6 nitrogen and oxygen atoms in total. The van der Waals surface area contributed by atoms with Crippen molar-refractivity contribution >= 4 is 11.5 Å². The molecule has 0 fully saturated rings. The number of ether oxygens (including phenoxy) is 1. The Labute approximate surface area is 115 Å². The summed E-state index contributed by atoms with van der Waals surface area (Å²) in [7, 11) is 0. The van der Waals surface area contributed by atoms with E-state index in [0.717, 1.165) is 11.4 Å². The summed E-state index contributed by atoms with van der Waals surface area (Å²) >= 11 is 0. The van der Waals surface area contributed by atoms with Crippen LogP contribution in [0.5, 0.6) is 5.75 Å². The Morgan fingerprint density at radius 2 is 1.95 bits per heavy atom.